The van der Waals surface area contributed by atoms with Crippen LogP contribution in [0, 0.1) is 5.82 Å². The Labute approximate surface area is 85.8 Å². The van der Waals surface area contributed by atoms with Crippen LogP contribution in [-0.4, -0.2) is 30.5 Å². The molecule has 1 rings (SSSR count). The Morgan fingerprint density at radius 1 is 1.29 bits per heavy atom. The number of aromatic nitrogens is 1. The minimum Gasteiger partial charge on any atom is -0.309 e. The molecule has 0 fully saturated rings. The second-order valence-corrected chi connectivity index (χ2v) is 3.06. The summed E-state index contributed by atoms with van der Waals surface area (Å²) >= 11 is 0. The first-order valence-corrected chi connectivity index (χ1v) is 4.92. The standard InChI is InChI=1S/C9H13FN2.C2H6/c1-12(2)4-3-8-5-9(10)7-11-6-8;1-2/h5-7H,3-4H2,1-2H3;1-2H3. The van der Waals surface area contributed by atoms with Gasteiger partial charge in [0.05, 0.1) is 6.20 Å². The van der Waals surface area contributed by atoms with Gasteiger partial charge in [-0.05, 0) is 32.1 Å². The molecule has 3 heteroatoms. The maximum atomic E-state index is 12.6. The monoisotopic (exact) mass is 198 g/mol. The molecule has 0 atom stereocenters. The van der Waals surface area contributed by atoms with Crippen LogP contribution in [0.15, 0.2) is 18.5 Å². The van der Waals surface area contributed by atoms with Crippen LogP contribution >= 0.6 is 0 Å². The van der Waals surface area contributed by atoms with Crippen LogP contribution in [0.3, 0.4) is 0 Å². The topological polar surface area (TPSA) is 16.1 Å². The molecule has 0 saturated heterocycles. The highest BCUT2D eigenvalue weighted by atomic mass is 19.1. The molecule has 1 aromatic rings. The minimum atomic E-state index is -0.258. The van der Waals surface area contributed by atoms with E-state index < -0.39 is 0 Å². The van der Waals surface area contributed by atoms with Crippen LogP contribution in [0.1, 0.15) is 19.4 Å². The van der Waals surface area contributed by atoms with Gasteiger partial charge in [0, 0.05) is 12.7 Å². The molecule has 0 saturated carbocycles. The lowest BCUT2D eigenvalue weighted by molar-refractivity contribution is 0.413. The molecule has 1 heterocycles. The average Bonchev–Trinajstić information content (AvgIpc) is 2.18. The van der Waals surface area contributed by atoms with Gasteiger partial charge in [0.15, 0.2) is 0 Å². The Balaban J connectivity index is 0.000000791. The highest BCUT2D eigenvalue weighted by molar-refractivity contribution is 5.10. The maximum absolute atomic E-state index is 12.6. The van der Waals surface area contributed by atoms with Gasteiger partial charge in [0.2, 0.25) is 0 Å². The summed E-state index contributed by atoms with van der Waals surface area (Å²) in [5.41, 5.74) is 0.948. The Kier molecular flexibility index (Phi) is 6.93. The molecule has 0 spiro atoms. The van der Waals surface area contributed by atoms with Crippen molar-refractivity contribution in [1.29, 1.82) is 0 Å². The molecule has 80 valence electrons. The molecule has 0 aliphatic carbocycles. The van der Waals surface area contributed by atoms with E-state index >= 15 is 0 Å². The summed E-state index contributed by atoms with van der Waals surface area (Å²) in [4.78, 5) is 5.83. The molecule has 0 amide bonds. The van der Waals surface area contributed by atoms with E-state index in [1.807, 2.05) is 27.9 Å². The van der Waals surface area contributed by atoms with E-state index in [9.17, 15) is 4.39 Å². The van der Waals surface area contributed by atoms with Gasteiger partial charge < -0.3 is 4.90 Å². The zero-order valence-corrected chi connectivity index (χ0v) is 9.42. The van der Waals surface area contributed by atoms with Gasteiger partial charge in [0.25, 0.3) is 0 Å². The van der Waals surface area contributed by atoms with Gasteiger partial charge >= 0.3 is 0 Å². The van der Waals surface area contributed by atoms with Crippen LogP contribution in [-0.2, 0) is 6.42 Å². The number of hydrogen-bond donors (Lipinski definition) is 0. The van der Waals surface area contributed by atoms with Crippen molar-refractivity contribution in [3.63, 3.8) is 0 Å². The van der Waals surface area contributed by atoms with Crippen LogP contribution in [0.4, 0.5) is 4.39 Å². The third kappa shape index (κ3) is 5.65. The summed E-state index contributed by atoms with van der Waals surface area (Å²) in [6.07, 6.45) is 3.77. The predicted octanol–water partition coefficient (Wildman–Crippen LogP) is 2.35. The van der Waals surface area contributed by atoms with Crippen molar-refractivity contribution in [1.82, 2.24) is 9.88 Å². The largest absolute Gasteiger partial charge is 0.309 e. The molecular formula is C11H19FN2. The van der Waals surface area contributed by atoms with Crippen LogP contribution in [0.25, 0.3) is 0 Å². The number of likely N-dealkylation sites (N-methyl/N-ethyl adjacent to an activating group) is 1. The van der Waals surface area contributed by atoms with Gasteiger partial charge in [0.1, 0.15) is 5.82 Å². The second kappa shape index (κ2) is 7.44. The highest BCUT2D eigenvalue weighted by Crippen LogP contribution is 2.01. The lowest BCUT2D eigenvalue weighted by atomic mass is 10.2. The summed E-state index contributed by atoms with van der Waals surface area (Å²) in [5.74, 6) is -0.258. The molecule has 0 aliphatic rings. The summed E-state index contributed by atoms with van der Waals surface area (Å²) in [7, 11) is 3.99. The first kappa shape index (κ1) is 13.0. The van der Waals surface area contributed by atoms with Crippen molar-refractivity contribution in [3.05, 3.63) is 29.8 Å². The molecule has 0 radical (unpaired) electrons. The minimum absolute atomic E-state index is 0.258. The smallest absolute Gasteiger partial charge is 0.141 e. The molecule has 2 nitrogen and oxygen atoms in total. The van der Waals surface area contributed by atoms with E-state index in [0.29, 0.717) is 0 Å². The van der Waals surface area contributed by atoms with Crippen molar-refractivity contribution >= 4 is 0 Å². The van der Waals surface area contributed by atoms with Gasteiger partial charge in [-0.25, -0.2) is 4.39 Å². The van der Waals surface area contributed by atoms with Gasteiger partial charge in [-0.1, -0.05) is 13.8 Å². The first-order valence-electron chi connectivity index (χ1n) is 4.92. The number of rotatable bonds is 3. The summed E-state index contributed by atoms with van der Waals surface area (Å²) in [6.45, 7) is 4.92. The van der Waals surface area contributed by atoms with Crippen molar-refractivity contribution in [2.24, 2.45) is 0 Å². The van der Waals surface area contributed by atoms with E-state index in [2.05, 4.69) is 9.88 Å². The molecule has 0 bridgehead atoms. The van der Waals surface area contributed by atoms with Crippen molar-refractivity contribution in [3.8, 4) is 0 Å². The van der Waals surface area contributed by atoms with Gasteiger partial charge in [-0.2, -0.15) is 0 Å². The quantitative estimate of drug-likeness (QED) is 0.741. The Bertz CT molecular complexity index is 249. The summed E-state index contributed by atoms with van der Waals surface area (Å²) < 4.78 is 12.6. The molecule has 1 aromatic heterocycles. The third-order valence-electron chi connectivity index (χ3n) is 1.61. The fourth-order valence-electron chi connectivity index (χ4n) is 0.945. The maximum Gasteiger partial charge on any atom is 0.141 e. The molecular weight excluding hydrogens is 179 g/mol. The van der Waals surface area contributed by atoms with Crippen molar-refractivity contribution < 1.29 is 4.39 Å². The van der Waals surface area contributed by atoms with Crippen molar-refractivity contribution in [2.45, 2.75) is 20.3 Å². The van der Waals surface area contributed by atoms with E-state index in [1.165, 1.54) is 12.3 Å². The second-order valence-electron chi connectivity index (χ2n) is 3.06. The molecule has 0 unspecified atom stereocenters. The van der Waals surface area contributed by atoms with E-state index in [-0.39, 0.29) is 5.82 Å². The number of pyridine rings is 1. The molecule has 0 N–H and O–H groups in total. The Morgan fingerprint density at radius 3 is 2.43 bits per heavy atom. The molecule has 0 aliphatic heterocycles. The number of halogens is 1. The van der Waals surface area contributed by atoms with Gasteiger partial charge in [-0.3, -0.25) is 4.98 Å². The zero-order valence-electron chi connectivity index (χ0n) is 9.42. The lowest BCUT2D eigenvalue weighted by Crippen LogP contribution is -2.15. The normalized spacial score (nSPS) is 9.57. The fraction of sp³-hybridized carbons (Fsp3) is 0.545. The summed E-state index contributed by atoms with van der Waals surface area (Å²) in [6, 6.07) is 1.52. The predicted molar refractivity (Wildman–Crippen MR) is 57.8 cm³/mol. The van der Waals surface area contributed by atoms with Crippen LogP contribution < -0.4 is 0 Å². The van der Waals surface area contributed by atoms with Crippen LogP contribution in [0.5, 0.6) is 0 Å². The SMILES string of the molecule is CC.CN(C)CCc1cncc(F)c1. The van der Waals surface area contributed by atoms with E-state index in [1.54, 1.807) is 6.20 Å². The number of hydrogen-bond acceptors (Lipinski definition) is 2. The summed E-state index contributed by atoms with van der Waals surface area (Å²) in [5, 5.41) is 0. The number of nitrogens with zero attached hydrogens (tertiary/aromatic N) is 2. The first-order chi connectivity index (χ1) is 6.68. The zero-order chi connectivity index (χ0) is 11.0. The highest BCUT2D eigenvalue weighted by Gasteiger charge is 1.96. The third-order valence-corrected chi connectivity index (χ3v) is 1.61. The fourth-order valence-corrected chi connectivity index (χ4v) is 0.945. The molecule has 14 heavy (non-hydrogen) atoms. The van der Waals surface area contributed by atoms with Gasteiger partial charge in [-0.15, -0.1) is 0 Å². The van der Waals surface area contributed by atoms with E-state index in [4.69, 9.17) is 0 Å². The lowest BCUT2D eigenvalue weighted by Gasteiger charge is -2.08. The van der Waals surface area contributed by atoms with Crippen LogP contribution in [0.2, 0.25) is 0 Å². The molecule has 0 aromatic carbocycles. The van der Waals surface area contributed by atoms with Crippen molar-refractivity contribution in [2.75, 3.05) is 20.6 Å². The Morgan fingerprint density at radius 2 is 1.93 bits per heavy atom. The average molecular weight is 198 g/mol. The van der Waals surface area contributed by atoms with E-state index in [0.717, 1.165) is 18.5 Å². The Hall–Kier alpha value is -0.960.